The van der Waals surface area contributed by atoms with Crippen molar-refractivity contribution in [2.24, 2.45) is 0 Å². The van der Waals surface area contributed by atoms with Crippen LogP contribution in [-0.4, -0.2) is 20.7 Å². The third-order valence-electron chi connectivity index (χ3n) is 4.98. The Bertz CT molecular complexity index is 749. The Kier molecular flexibility index (Phi) is 3.63. The Morgan fingerprint density at radius 2 is 1.96 bits per heavy atom. The van der Waals surface area contributed by atoms with E-state index in [1.807, 2.05) is 13.0 Å². The van der Waals surface area contributed by atoms with E-state index >= 15 is 0 Å². The number of nitrogens with zero attached hydrogens (tertiary/aromatic N) is 3. The first-order valence-electron chi connectivity index (χ1n) is 8.57. The van der Waals surface area contributed by atoms with Crippen LogP contribution < -0.4 is 5.32 Å². The summed E-state index contributed by atoms with van der Waals surface area (Å²) in [7, 11) is 0. The quantitative estimate of drug-likeness (QED) is 0.948. The van der Waals surface area contributed by atoms with E-state index < -0.39 is 0 Å². The molecule has 2 aliphatic rings. The maximum absolute atomic E-state index is 12.6. The van der Waals surface area contributed by atoms with Crippen LogP contribution in [0.2, 0.25) is 0 Å². The fraction of sp³-hybridized carbons (Fsp3) is 0.500. The molecule has 5 nitrogen and oxygen atoms in total. The van der Waals surface area contributed by atoms with Crippen LogP contribution in [0, 0.1) is 0 Å². The van der Waals surface area contributed by atoms with Gasteiger partial charge >= 0.3 is 0 Å². The van der Waals surface area contributed by atoms with Crippen LogP contribution in [0.5, 0.6) is 0 Å². The second kappa shape index (κ2) is 5.80. The third kappa shape index (κ3) is 2.64. The lowest BCUT2D eigenvalue weighted by Crippen LogP contribution is -2.29. The molecule has 2 aromatic rings. The summed E-state index contributed by atoms with van der Waals surface area (Å²) in [4.78, 5) is 12.6. The summed E-state index contributed by atoms with van der Waals surface area (Å²) in [6, 6.07) is 5.99. The number of aromatic nitrogens is 3. The number of amides is 1. The van der Waals surface area contributed by atoms with Gasteiger partial charge < -0.3 is 9.88 Å². The van der Waals surface area contributed by atoms with Crippen molar-refractivity contribution in [1.29, 1.82) is 0 Å². The number of benzene rings is 1. The molecule has 1 aromatic carbocycles. The highest BCUT2D eigenvalue weighted by Gasteiger charge is 2.23. The topological polar surface area (TPSA) is 59.8 Å². The summed E-state index contributed by atoms with van der Waals surface area (Å²) >= 11 is 0. The monoisotopic (exact) mass is 310 g/mol. The summed E-state index contributed by atoms with van der Waals surface area (Å²) in [5.74, 6) is 1.87. The molecule has 1 aliphatic carbocycles. The molecule has 0 saturated heterocycles. The van der Waals surface area contributed by atoms with Gasteiger partial charge in [-0.3, -0.25) is 4.79 Å². The lowest BCUT2D eigenvalue weighted by atomic mass is 9.90. The molecule has 0 spiro atoms. The Balaban J connectivity index is 1.51. The summed E-state index contributed by atoms with van der Waals surface area (Å²) in [6.07, 6.45) is 6.80. The van der Waals surface area contributed by atoms with Crippen molar-refractivity contribution >= 4 is 5.91 Å². The molecule has 120 valence electrons. The lowest BCUT2D eigenvalue weighted by molar-refractivity contribution is 0.0937. The number of carbonyl (C=O) groups is 1. The van der Waals surface area contributed by atoms with E-state index in [9.17, 15) is 4.79 Å². The first-order chi connectivity index (χ1) is 11.2. The van der Waals surface area contributed by atoms with Gasteiger partial charge in [-0.05, 0) is 62.3 Å². The number of nitrogens with one attached hydrogen (secondary N) is 1. The van der Waals surface area contributed by atoms with Gasteiger partial charge in [0.05, 0.1) is 6.04 Å². The van der Waals surface area contributed by atoms with Gasteiger partial charge in [0.15, 0.2) is 5.82 Å². The number of rotatable bonds is 3. The molecule has 1 aromatic heterocycles. The van der Waals surface area contributed by atoms with E-state index in [1.165, 1.54) is 24.0 Å². The van der Waals surface area contributed by atoms with E-state index in [4.69, 9.17) is 0 Å². The highest BCUT2D eigenvalue weighted by molar-refractivity contribution is 5.94. The zero-order valence-corrected chi connectivity index (χ0v) is 13.5. The van der Waals surface area contributed by atoms with Crippen molar-refractivity contribution in [3.63, 3.8) is 0 Å². The Hall–Kier alpha value is -2.17. The molecule has 1 atom stereocenters. The SMILES string of the molecule is CC(NC(=O)c1ccc2c(c1)CCCC2)c1nnc2n1CCC2. The van der Waals surface area contributed by atoms with Crippen LogP contribution in [0.15, 0.2) is 18.2 Å². The molecule has 2 heterocycles. The Morgan fingerprint density at radius 3 is 2.83 bits per heavy atom. The van der Waals surface area contributed by atoms with Crippen LogP contribution >= 0.6 is 0 Å². The molecule has 1 aliphatic heterocycles. The molecule has 1 N–H and O–H groups in total. The number of fused-ring (bicyclic) bond motifs is 2. The maximum Gasteiger partial charge on any atom is 0.251 e. The third-order valence-corrected chi connectivity index (χ3v) is 4.98. The minimum absolute atomic E-state index is 0.0266. The summed E-state index contributed by atoms with van der Waals surface area (Å²) in [6.45, 7) is 2.93. The predicted octanol–water partition coefficient (Wildman–Crippen LogP) is 2.59. The minimum Gasteiger partial charge on any atom is -0.342 e. The van der Waals surface area contributed by atoms with Gasteiger partial charge in [0.2, 0.25) is 0 Å². The lowest BCUT2D eigenvalue weighted by Gasteiger charge is -2.18. The largest absolute Gasteiger partial charge is 0.342 e. The van der Waals surface area contributed by atoms with Crippen LogP contribution in [0.1, 0.15) is 65.4 Å². The maximum atomic E-state index is 12.6. The average Bonchev–Trinajstić information content (AvgIpc) is 3.17. The minimum atomic E-state index is -0.127. The summed E-state index contributed by atoms with van der Waals surface area (Å²) in [5, 5.41) is 11.5. The van der Waals surface area contributed by atoms with Crippen molar-refractivity contribution in [3.8, 4) is 0 Å². The summed E-state index contributed by atoms with van der Waals surface area (Å²) in [5.41, 5.74) is 3.48. The van der Waals surface area contributed by atoms with Crippen LogP contribution in [-0.2, 0) is 25.8 Å². The van der Waals surface area contributed by atoms with E-state index in [0.717, 1.165) is 49.4 Å². The molecule has 1 unspecified atom stereocenters. The molecule has 4 rings (SSSR count). The zero-order chi connectivity index (χ0) is 15.8. The van der Waals surface area contributed by atoms with Crippen LogP contribution in [0.25, 0.3) is 0 Å². The first-order valence-corrected chi connectivity index (χ1v) is 8.57. The van der Waals surface area contributed by atoms with E-state index in [1.54, 1.807) is 0 Å². The van der Waals surface area contributed by atoms with Gasteiger partial charge in [0.1, 0.15) is 5.82 Å². The Morgan fingerprint density at radius 1 is 1.13 bits per heavy atom. The van der Waals surface area contributed by atoms with Gasteiger partial charge in [-0.1, -0.05) is 6.07 Å². The van der Waals surface area contributed by atoms with E-state index in [0.29, 0.717) is 0 Å². The molecule has 0 fully saturated rings. The van der Waals surface area contributed by atoms with Gasteiger partial charge in [-0.15, -0.1) is 10.2 Å². The van der Waals surface area contributed by atoms with Crippen molar-refractivity contribution in [2.45, 2.75) is 58.0 Å². The van der Waals surface area contributed by atoms with Gasteiger partial charge in [-0.2, -0.15) is 0 Å². The molecular weight excluding hydrogens is 288 g/mol. The van der Waals surface area contributed by atoms with Gasteiger partial charge in [0, 0.05) is 18.5 Å². The van der Waals surface area contributed by atoms with Crippen molar-refractivity contribution in [2.75, 3.05) is 0 Å². The fourth-order valence-electron chi connectivity index (χ4n) is 3.71. The van der Waals surface area contributed by atoms with Crippen LogP contribution in [0.3, 0.4) is 0 Å². The average molecular weight is 310 g/mol. The highest BCUT2D eigenvalue weighted by Crippen LogP contribution is 2.23. The molecule has 0 saturated carbocycles. The smallest absolute Gasteiger partial charge is 0.251 e. The number of hydrogen-bond acceptors (Lipinski definition) is 3. The normalized spacial score (nSPS) is 17.4. The van der Waals surface area contributed by atoms with E-state index in [-0.39, 0.29) is 11.9 Å². The zero-order valence-electron chi connectivity index (χ0n) is 13.5. The Labute approximate surface area is 136 Å². The van der Waals surface area contributed by atoms with Crippen LogP contribution in [0.4, 0.5) is 0 Å². The molecule has 5 heteroatoms. The van der Waals surface area contributed by atoms with Crippen molar-refractivity contribution < 1.29 is 4.79 Å². The first kappa shape index (κ1) is 14.4. The standard InChI is InChI=1S/C18H22N4O/c1-12(17-21-20-16-7-4-10-22(16)17)19-18(23)15-9-8-13-5-2-3-6-14(13)11-15/h8-9,11-12H,2-7,10H2,1H3,(H,19,23). The van der Waals surface area contributed by atoms with Crippen molar-refractivity contribution in [1.82, 2.24) is 20.1 Å². The summed E-state index contributed by atoms with van der Waals surface area (Å²) < 4.78 is 2.14. The molecule has 23 heavy (non-hydrogen) atoms. The highest BCUT2D eigenvalue weighted by atomic mass is 16.1. The van der Waals surface area contributed by atoms with E-state index in [2.05, 4.69) is 32.2 Å². The molecule has 0 radical (unpaired) electrons. The number of hydrogen-bond donors (Lipinski definition) is 1. The second-order valence-electron chi connectivity index (χ2n) is 6.62. The predicted molar refractivity (Wildman–Crippen MR) is 87.3 cm³/mol. The second-order valence-corrected chi connectivity index (χ2v) is 6.62. The number of carbonyl (C=O) groups excluding carboxylic acids is 1. The molecule has 0 bridgehead atoms. The number of aryl methyl sites for hydroxylation is 3. The fourth-order valence-corrected chi connectivity index (χ4v) is 3.71. The van der Waals surface area contributed by atoms with Crippen molar-refractivity contribution in [3.05, 3.63) is 46.5 Å². The van der Waals surface area contributed by atoms with Gasteiger partial charge in [-0.25, -0.2) is 0 Å². The molecular formula is C18H22N4O. The molecule has 1 amide bonds. The van der Waals surface area contributed by atoms with Gasteiger partial charge in [0.25, 0.3) is 5.91 Å².